The highest BCUT2D eigenvalue weighted by Crippen LogP contribution is 2.32. The first-order valence-electron chi connectivity index (χ1n) is 6.04. The molecule has 0 aliphatic heterocycles. The van der Waals surface area contributed by atoms with Gasteiger partial charge in [-0.25, -0.2) is 0 Å². The van der Waals surface area contributed by atoms with Crippen LogP contribution in [0.15, 0.2) is 30.3 Å². The monoisotopic (exact) mass is 326 g/mol. The summed E-state index contributed by atoms with van der Waals surface area (Å²) in [5.41, 5.74) is 1.70. The van der Waals surface area contributed by atoms with Crippen LogP contribution in [0, 0.1) is 17.0 Å². The fraction of sp³-hybridized carbons (Fsp3) is 0.143. The Morgan fingerprint density at radius 2 is 2.00 bits per heavy atom. The topological polar surface area (TPSA) is 75.4 Å². The van der Waals surface area contributed by atoms with E-state index in [9.17, 15) is 15.2 Å². The summed E-state index contributed by atoms with van der Waals surface area (Å²) in [7, 11) is 0. The van der Waals surface area contributed by atoms with Gasteiger partial charge in [0.15, 0.2) is 0 Å². The number of nitrogens with one attached hydrogen (secondary N) is 1. The number of hydrogen-bond acceptors (Lipinski definition) is 4. The number of rotatable bonds is 4. The van der Waals surface area contributed by atoms with Crippen LogP contribution in [-0.2, 0) is 6.54 Å². The van der Waals surface area contributed by atoms with Crippen LogP contribution in [0.5, 0.6) is 5.75 Å². The van der Waals surface area contributed by atoms with E-state index in [2.05, 4.69) is 5.32 Å². The van der Waals surface area contributed by atoms with Crippen molar-refractivity contribution in [3.63, 3.8) is 0 Å². The van der Waals surface area contributed by atoms with E-state index in [4.69, 9.17) is 23.2 Å². The van der Waals surface area contributed by atoms with E-state index in [0.29, 0.717) is 21.8 Å². The quantitative estimate of drug-likeness (QED) is 0.639. The fourth-order valence-electron chi connectivity index (χ4n) is 1.87. The molecule has 0 fully saturated rings. The van der Waals surface area contributed by atoms with E-state index in [1.165, 1.54) is 12.1 Å². The normalized spacial score (nSPS) is 10.4. The zero-order chi connectivity index (χ0) is 15.6. The summed E-state index contributed by atoms with van der Waals surface area (Å²) >= 11 is 11.7. The number of phenolic OH excluding ortho intramolecular Hbond substituents is 1. The largest absolute Gasteiger partial charge is 0.506 e. The highest BCUT2D eigenvalue weighted by atomic mass is 35.5. The third kappa shape index (κ3) is 3.56. The first kappa shape index (κ1) is 15.4. The number of nitro groups is 1. The smallest absolute Gasteiger partial charge is 0.274 e. The summed E-state index contributed by atoms with van der Waals surface area (Å²) in [5.74, 6) is -0.0600. The first-order chi connectivity index (χ1) is 9.88. The second kappa shape index (κ2) is 6.20. The Hall–Kier alpha value is -1.98. The number of hydrogen-bond donors (Lipinski definition) is 2. The first-order valence-corrected chi connectivity index (χ1v) is 6.80. The van der Waals surface area contributed by atoms with Gasteiger partial charge in [-0.15, -0.1) is 0 Å². The average molecular weight is 327 g/mol. The summed E-state index contributed by atoms with van der Waals surface area (Å²) < 4.78 is 0. The van der Waals surface area contributed by atoms with Crippen LogP contribution in [0.3, 0.4) is 0 Å². The lowest BCUT2D eigenvalue weighted by Crippen LogP contribution is -2.01. The Labute approximate surface area is 131 Å². The number of nitro benzene ring substituents is 1. The molecular weight excluding hydrogens is 315 g/mol. The molecule has 7 heteroatoms. The highest BCUT2D eigenvalue weighted by molar-refractivity contribution is 6.35. The average Bonchev–Trinajstić information content (AvgIpc) is 2.42. The summed E-state index contributed by atoms with van der Waals surface area (Å²) in [6, 6.07) is 7.85. The van der Waals surface area contributed by atoms with Gasteiger partial charge >= 0.3 is 0 Å². The molecule has 5 nitrogen and oxygen atoms in total. The molecule has 0 bridgehead atoms. The maximum Gasteiger partial charge on any atom is 0.274 e. The van der Waals surface area contributed by atoms with Gasteiger partial charge in [0.05, 0.1) is 9.95 Å². The Balaban J connectivity index is 2.21. The molecule has 2 aromatic carbocycles. The molecule has 0 aliphatic rings. The van der Waals surface area contributed by atoms with Crippen LogP contribution < -0.4 is 5.32 Å². The molecular formula is C14H12Cl2N2O3. The lowest BCUT2D eigenvalue weighted by atomic mass is 10.1. The van der Waals surface area contributed by atoms with Gasteiger partial charge in [0.2, 0.25) is 0 Å². The number of aromatic hydroxyl groups is 1. The summed E-state index contributed by atoms with van der Waals surface area (Å²) in [4.78, 5) is 10.5. The molecule has 2 aromatic rings. The molecule has 0 heterocycles. The van der Waals surface area contributed by atoms with Gasteiger partial charge in [0, 0.05) is 34.4 Å². The van der Waals surface area contributed by atoms with Crippen LogP contribution in [0.25, 0.3) is 0 Å². The Morgan fingerprint density at radius 1 is 1.29 bits per heavy atom. The molecule has 0 atom stereocenters. The van der Waals surface area contributed by atoms with Crippen LogP contribution in [0.1, 0.15) is 11.1 Å². The summed E-state index contributed by atoms with van der Waals surface area (Å²) in [6.07, 6.45) is 0. The minimum atomic E-state index is -0.436. The summed E-state index contributed by atoms with van der Waals surface area (Å²) in [5, 5.41) is 24.3. The van der Waals surface area contributed by atoms with Crippen LogP contribution in [0.2, 0.25) is 10.0 Å². The Kier molecular flexibility index (Phi) is 4.55. The van der Waals surface area contributed by atoms with Gasteiger partial charge in [-0.2, -0.15) is 0 Å². The van der Waals surface area contributed by atoms with Crippen molar-refractivity contribution < 1.29 is 10.0 Å². The molecule has 0 saturated heterocycles. The van der Waals surface area contributed by atoms with Crippen molar-refractivity contribution in [2.75, 3.05) is 5.32 Å². The predicted molar refractivity (Wildman–Crippen MR) is 83.3 cm³/mol. The van der Waals surface area contributed by atoms with E-state index >= 15 is 0 Å². The molecule has 0 aliphatic carbocycles. The summed E-state index contributed by atoms with van der Waals surface area (Å²) in [6.45, 7) is 1.91. The second-order valence-electron chi connectivity index (χ2n) is 4.51. The Bertz CT molecular complexity index is 705. The zero-order valence-corrected chi connectivity index (χ0v) is 12.6. The van der Waals surface area contributed by atoms with Crippen molar-refractivity contribution >= 4 is 34.6 Å². The van der Waals surface area contributed by atoms with Crippen molar-refractivity contribution in [3.05, 3.63) is 61.6 Å². The van der Waals surface area contributed by atoms with Gasteiger partial charge < -0.3 is 10.4 Å². The molecule has 0 unspecified atom stereocenters. The minimum Gasteiger partial charge on any atom is -0.506 e. The second-order valence-corrected chi connectivity index (χ2v) is 5.35. The zero-order valence-electron chi connectivity index (χ0n) is 11.1. The number of aryl methyl sites for hydroxylation is 1. The number of benzene rings is 2. The molecule has 0 spiro atoms. The molecule has 110 valence electrons. The number of phenols is 1. The molecule has 21 heavy (non-hydrogen) atoms. The van der Waals surface area contributed by atoms with E-state index < -0.39 is 4.92 Å². The van der Waals surface area contributed by atoms with Crippen molar-refractivity contribution in [3.8, 4) is 5.75 Å². The standard InChI is InChI=1S/C14H12Cl2N2O3/c1-8-2-3-11(6-13(8)18(20)21)17-7-9-4-10(15)5-12(16)14(9)19/h2-6,17,19H,7H2,1H3. The van der Waals surface area contributed by atoms with E-state index in [-0.39, 0.29) is 23.0 Å². The van der Waals surface area contributed by atoms with Gasteiger partial charge in [-0.3, -0.25) is 10.1 Å². The van der Waals surface area contributed by atoms with Crippen LogP contribution >= 0.6 is 23.2 Å². The maximum atomic E-state index is 10.9. The highest BCUT2D eigenvalue weighted by Gasteiger charge is 2.12. The van der Waals surface area contributed by atoms with Gasteiger partial charge in [-0.1, -0.05) is 29.3 Å². The molecule has 0 saturated carbocycles. The lowest BCUT2D eigenvalue weighted by Gasteiger charge is -2.10. The van der Waals surface area contributed by atoms with Gasteiger partial charge in [0.1, 0.15) is 5.75 Å². The van der Waals surface area contributed by atoms with Crippen LogP contribution in [0.4, 0.5) is 11.4 Å². The number of halogens is 2. The molecule has 2 N–H and O–H groups in total. The van der Waals surface area contributed by atoms with E-state index in [1.54, 1.807) is 25.1 Å². The van der Waals surface area contributed by atoms with Crippen molar-refractivity contribution in [2.24, 2.45) is 0 Å². The molecule has 0 radical (unpaired) electrons. The Morgan fingerprint density at radius 3 is 2.67 bits per heavy atom. The van der Waals surface area contributed by atoms with Crippen molar-refractivity contribution in [1.29, 1.82) is 0 Å². The van der Waals surface area contributed by atoms with Crippen molar-refractivity contribution in [2.45, 2.75) is 13.5 Å². The van der Waals surface area contributed by atoms with E-state index in [0.717, 1.165) is 0 Å². The SMILES string of the molecule is Cc1ccc(NCc2cc(Cl)cc(Cl)c2O)cc1[N+](=O)[O-]. The van der Waals surface area contributed by atoms with E-state index in [1.807, 2.05) is 0 Å². The van der Waals surface area contributed by atoms with Gasteiger partial charge in [-0.05, 0) is 25.1 Å². The lowest BCUT2D eigenvalue weighted by molar-refractivity contribution is -0.385. The molecule has 0 aromatic heterocycles. The van der Waals surface area contributed by atoms with Gasteiger partial charge in [0.25, 0.3) is 5.69 Å². The minimum absolute atomic E-state index is 0.0355. The number of nitrogens with zero attached hydrogens (tertiary/aromatic N) is 1. The molecule has 0 amide bonds. The predicted octanol–water partition coefficient (Wildman–Crippen LogP) is 4.53. The maximum absolute atomic E-state index is 10.9. The number of anilines is 1. The molecule has 2 rings (SSSR count). The fourth-order valence-corrected chi connectivity index (χ4v) is 2.40. The third-order valence-corrected chi connectivity index (χ3v) is 3.50. The van der Waals surface area contributed by atoms with Crippen LogP contribution in [-0.4, -0.2) is 10.0 Å². The van der Waals surface area contributed by atoms with Crippen molar-refractivity contribution in [1.82, 2.24) is 0 Å². The third-order valence-electron chi connectivity index (χ3n) is 3.00.